The zero-order valence-corrected chi connectivity index (χ0v) is 13.8. The van der Waals surface area contributed by atoms with Crippen LogP contribution in [-0.2, 0) is 12.8 Å². The monoisotopic (exact) mass is 339 g/mol. The van der Waals surface area contributed by atoms with Gasteiger partial charge in [-0.05, 0) is 55.2 Å². The summed E-state index contributed by atoms with van der Waals surface area (Å²) in [5.41, 5.74) is 3.44. The van der Waals surface area contributed by atoms with Crippen molar-refractivity contribution in [2.45, 2.75) is 25.7 Å². The molecule has 3 nitrogen and oxygen atoms in total. The fraction of sp³-hybridized carbons (Fsp3) is 0.250. The standard InChI is InChI=1S/C20H19F2N3/c21-15-8-10-16(11-9-15)25-20-17(6-3-4-12-23-20)19(24-25)13-14-5-1-2-7-18(14)22/h1-2,5,7-11,23H,3-4,6,12-13H2. The summed E-state index contributed by atoms with van der Waals surface area (Å²) >= 11 is 0. The third kappa shape index (κ3) is 3.14. The first kappa shape index (κ1) is 15.8. The van der Waals surface area contributed by atoms with Gasteiger partial charge in [0.05, 0.1) is 11.4 Å². The number of fused-ring (bicyclic) bond motifs is 1. The summed E-state index contributed by atoms with van der Waals surface area (Å²) in [6.07, 6.45) is 3.51. The first-order valence-corrected chi connectivity index (χ1v) is 8.56. The van der Waals surface area contributed by atoms with Crippen LogP contribution < -0.4 is 5.32 Å². The molecule has 2 aromatic carbocycles. The molecule has 5 heteroatoms. The number of hydrogen-bond donors (Lipinski definition) is 1. The minimum Gasteiger partial charge on any atom is -0.370 e. The molecular weight excluding hydrogens is 320 g/mol. The van der Waals surface area contributed by atoms with Gasteiger partial charge in [0.25, 0.3) is 0 Å². The van der Waals surface area contributed by atoms with Crippen LogP contribution in [-0.4, -0.2) is 16.3 Å². The van der Waals surface area contributed by atoms with E-state index in [4.69, 9.17) is 5.10 Å². The van der Waals surface area contributed by atoms with Crippen LogP contribution in [0.5, 0.6) is 0 Å². The van der Waals surface area contributed by atoms with Gasteiger partial charge in [-0.25, -0.2) is 13.5 Å². The SMILES string of the molecule is Fc1ccc(-n2nc(Cc3ccccc3F)c3c2NCCCC3)cc1. The van der Waals surface area contributed by atoms with E-state index in [1.165, 1.54) is 18.2 Å². The predicted octanol–water partition coefficient (Wildman–Crippen LogP) is 4.49. The molecule has 0 saturated carbocycles. The van der Waals surface area contributed by atoms with Crippen LogP contribution in [0.3, 0.4) is 0 Å². The Morgan fingerprint density at radius 1 is 1.00 bits per heavy atom. The van der Waals surface area contributed by atoms with Crippen LogP contribution in [0.25, 0.3) is 5.69 Å². The second-order valence-corrected chi connectivity index (χ2v) is 6.31. The molecule has 0 atom stereocenters. The van der Waals surface area contributed by atoms with Crippen LogP contribution >= 0.6 is 0 Å². The number of nitrogens with one attached hydrogen (secondary N) is 1. The fourth-order valence-corrected chi connectivity index (χ4v) is 3.31. The third-order valence-corrected chi connectivity index (χ3v) is 4.60. The minimum absolute atomic E-state index is 0.214. The van der Waals surface area contributed by atoms with Crippen LogP contribution in [0.4, 0.5) is 14.6 Å². The lowest BCUT2D eigenvalue weighted by Crippen LogP contribution is -2.07. The fourth-order valence-electron chi connectivity index (χ4n) is 3.31. The van der Waals surface area contributed by atoms with Crippen molar-refractivity contribution < 1.29 is 8.78 Å². The van der Waals surface area contributed by atoms with Crippen molar-refractivity contribution in [3.63, 3.8) is 0 Å². The maximum absolute atomic E-state index is 14.1. The number of benzene rings is 2. The lowest BCUT2D eigenvalue weighted by atomic mass is 10.0. The molecule has 0 amide bonds. The van der Waals surface area contributed by atoms with Crippen molar-refractivity contribution >= 4 is 5.82 Å². The van der Waals surface area contributed by atoms with Crippen LogP contribution in [0.2, 0.25) is 0 Å². The highest BCUT2D eigenvalue weighted by atomic mass is 19.1. The molecule has 3 aromatic rings. The van der Waals surface area contributed by atoms with Crippen molar-refractivity contribution in [2.75, 3.05) is 11.9 Å². The number of anilines is 1. The Bertz CT molecular complexity index is 884. The number of rotatable bonds is 3. The van der Waals surface area contributed by atoms with Gasteiger partial charge in [-0.15, -0.1) is 0 Å². The highest BCUT2D eigenvalue weighted by Gasteiger charge is 2.21. The van der Waals surface area contributed by atoms with Gasteiger partial charge in [-0.3, -0.25) is 0 Å². The van der Waals surface area contributed by atoms with E-state index in [2.05, 4.69) is 5.32 Å². The van der Waals surface area contributed by atoms with Gasteiger partial charge in [0, 0.05) is 18.5 Å². The van der Waals surface area contributed by atoms with Crippen LogP contribution in [0.15, 0.2) is 48.5 Å². The molecule has 0 bridgehead atoms. The summed E-state index contributed by atoms with van der Waals surface area (Å²) in [6.45, 7) is 0.874. The molecule has 1 aromatic heterocycles. The summed E-state index contributed by atoms with van der Waals surface area (Å²) in [6, 6.07) is 13.1. The van der Waals surface area contributed by atoms with Gasteiger partial charge in [0.15, 0.2) is 0 Å². The quantitative estimate of drug-likeness (QED) is 0.762. The highest BCUT2D eigenvalue weighted by Crippen LogP contribution is 2.29. The van der Waals surface area contributed by atoms with Gasteiger partial charge >= 0.3 is 0 Å². The van der Waals surface area contributed by atoms with E-state index in [0.29, 0.717) is 12.0 Å². The van der Waals surface area contributed by atoms with Crippen molar-refractivity contribution in [1.29, 1.82) is 0 Å². The zero-order valence-electron chi connectivity index (χ0n) is 13.8. The zero-order chi connectivity index (χ0) is 17.2. The van der Waals surface area contributed by atoms with Crippen molar-refractivity contribution in [2.24, 2.45) is 0 Å². The summed E-state index contributed by atoms with van der Waals surface area (Å²) in [5.74, 6) is 0.450. The maximum Gasteiger partial charge on any atom is 0.133 e. The first-order chi connectivity index (χ1) is 12.2. The molecule has 128 valence electrons. The van der Waals surface area contributed by atoms with E-state index in [-0.39, 0.29) is 11.6 Å². The van der Waals surface area contributed by atoms with Crippen LogP contribution in [0.1, 0.15) is 29.7 Å². The molecule has 0 spiro atoms. The van der Waals surface area contributed by atoms with Gasteiger partial charge in [0.1, 0.15) is 17.5 Å². The molecule has 0 radical (unpaired) electrons. The summed E-state index contributed by atoms with van der Waals surface area (Å²) < 4.78 is 29.1. The Balaban J connectivity index is 1.79. The number of hydrogen-bond acceptors (Lipinski definition) is 2. The second kappa shape index (κ2) is 6.67. The molecule has 1 aliphatic heterocycles. The van der Waals surface area contributed by atoms with E-state index in [0.717, 1.165) is 48.6 Å². The molecule has 4 rings (SSSR count). The average molecular weight is 339 g/mol. The molecule has 1 N–H and O–H groups in total. The van der Waals surface area contributed by atoms with E-state index in [9.17, 15) is 8.78 Å². The smallest absolute Gasteiger partial charge is 0.133 e. The van der Waals surface area contributed by atoms with Crippen LogP contribution in [0, 0.1) is 11.6 Å². The Hall–Kier alpha value is -2.69. The molecule has 0 unspecified atom stereocenters. The Morgan fingerprint density at radius 3 is 2.60 bits per heavy atom. The van der Waals surface area contributed by atoms with Crippen molar-refractivity contribution in [3.8, 4) is 5.69 Å². The molecule has 0 fully saturated rings. The van der Waals surface area contributed by atoms with E-state index in [1.54, 1.807) is 24.3 Å². The minimum atomic E-state index is -0.276. The van der Waals surface area contributed by atoms with Gasteiger partial charge in [-0.1, -0.05) is 18.2 Å². The summed E-state index contributed by atoms with van der Waals surface area (Å²) in [4.78, 5) is 0. The molecular formula is C20H19F2N3. The third-order valence-electron chi connectivity index (χ3n) is 4.60. The molecule has 2 heterocycles. The first-order valence-electron chi connectivity index (χ1n) is 8.56. The van der Waals surface area contributed by atoms with Gasteiger partial charge in [0.2, 0.25) is 0 Å². The summed E-state index contributed by atoms with van der Waals surface area (Å²) in [5, 5.41) is 8.18. The second-order valence-electron chi connectivity index (χ2n) is 6.31. The van der Waals surface area contributed by atoms with E-state index in [1.807, 2.05) is 10.7 Å². The number of aromatic nitrogens is 2. The summed E-state index contributed by atoms with van der Waals surface area (Å²) in [7, 11) is 0. The molecule has 1 aliphatic rings. The maximum atomic E-state index is 14.1. The Morgan fingerprint density at radius 2 is 1.80 bits per heavy atom. The predicted molar refractivity (Wildman–Crippen MR) is 94.2 cm³/mol. The molecule has 0 aliphatic carbocycles. The lowest BCUT2D eigenvalue weighted by molar-refractivity contribution is 0.612. The lowest BCUT2D eigenvalue weighted by Gasteiger charge is -2.09. The highest BCUT2D eigenvalue weighted by molar-refractivity contribution is 5.55. The van der Waals surface area contributed by atoms with Crippen molar-refractivity contribution in [3.05, 3.63) is 77.0 Å². The number of nitrogens with zero attached hydrogens (tertiary/aromatic N) is 2. The average Bonchev–Trinajstić information content (AvgIpc) is 2.80. The number of halogens is 2. The van der Waals surface area contributed by atoms with Gasteiger partial charge < -0.3 is 5.32 Å². The normalized spacial score (nSPS) is 13.8. The van der Waals surface area contributed by atoms with Gasteiger partial charge in [-0.2, -0.15) is 5.10 Å². The largest absolute Gasteiger partial charge is 0.370 e. The van der Waals surface area contributed by atoms with E-state index >= 15 is 0 Å². The van der Waals surface area contributed by atoms with Crippen molar-refractivity contribution in [1.82, 2.24) is 9.78 Å². The Labute approximate surface area is 145 Å². The molecule has 25 heavy (non-hydrogen) atoms. The molecule has 0 saturated heterocycles. The van der Waals surface area contributed by atoms with E-state index < -0.39 is 0 Å². The Kier molecular flexibility index (Phi) is 4.22. The topological polar surface area (TPSA) is 29.9 Å².